The number of nitrogens with zero attached hydrogens (tertiary/aromatic N) is 3. The van der Waals surface area contributed by atoms with E-state index < -0.39 is 0 Å². The minimum absolute atomic E-state index is 0.263. The molecule has 2 aromatic heterocycles. The van der Waals surface area contributed by atoms with Gasteiger partial charge in [-0.05, 0) is 43.9 Å². The van der Waals surface area contributed by atoms with Crippen LogP contribution in [0.15, 0.2) is 42.6 Å². The Morgan fingerprint density at radius 1 is 1.17 bits per heavy atom. The van der Waals surface area contributed by atoms with Gasteiger partial charge in [0.2, 0.25) is 5.95 Å². The second-order valence-electron chi connectivity index (χ2n) is 7.28. The topological polar surface area (TPSA) is 91.8 Å². The summed E-state index contributed by atoms with van der Waals surface area (Å²) in [4.78, 5) is 26.1. The summed E-state index contributed by atoms with van der Waals surface area (Å²) in [6, 6.07) is 11.2. The van der Waals surface area contributed by atoms with Crippen molar-refractivity contribution < 1.29 is 4.79 Å². The van der Waals surface area contributed by atoms with E-state index in [-0.39, 0.29) is 5.91 Å². The van der Waals surface area contributed by atoms with Crippen molar-refractivity contribution in [1.82, 2.24) is 15.0 Å². The van der Waals surface area contributed by atoms with Gasteiger partial charge in [0.1, 0.15) is 11.6 Å². The summed E-state index contributed by atoms with van der Waals surface area (Å²) in [6.07, 6.45) is 4.73. The number of halogens is 1. The number of benzene rings is 1. The fraction of sp³-hybridized carbons (Fsp3) is 0.273. The molecule has 4 rings (SSSR count). The summed E-state index contributed by atoms with van der Waals surface area (Å²) >= 11 is 6.21. The molecule has 0 spiro atoms. The van der Waals surface area contributed by atoms with Crippen LogP contribution in [0.3, 0.4) is 0 Å². The van der Waals surface area contributed by atoms with Crippen molar-refractivity contribution in [2.45, 2.75) is 39.2 Å². The van der Waals surface area contributed by atoms with E-state index in [1.54, 1.807) is 24.4 Å². The van der Waals surface area contributed by atoms with Crippen molar-refractivity contribution in [1.29, 1.82) is 0 Å². The fourth-order valence-corrected chi connectivity index (χ4v) is 3.35. The third kappa shape index (κ3) is 4.86. The van der Waals surface area contributed by atoms with Gasteiger partial charge in [0.05, 0.1) is 10.6 Å². The maximum Gasteiger partial charge on any atom is 0.257 e. The minimum Gasteiger partial charge on any atom is -0.351 e. The second kappa shape index (κ2) is 8.67. The number of pyridine rings is 1. The van der Waals surface area contributed by atoms with Crippen LogP contribution in [0.2, 0.25) is 5.02 Å². The van der Waals surface area contributed by atoms with Crippen LogP contribution in [-0.4, -0.2) is 26.9 Å². The molecule has 3 aromatic rings. The Balaban J connectivity index is 1.52. The van der Waals surface area contributed by atoms with Gasteiger partial charge in [0.25, 0.3) is 5.91 Å². The van der Waals surface area contributed by atoms with Gasteiger partial charge in [0.15, 0.2) is 0 Å². The summed E-state index contributed by atoms with van der Waals surface area (Å²) in [5.74, 6) is 1.59. The Morgan fingerprint density at radius 3 is 2.73 bits per heavy atom. The lowest BCUT2D eigenvalue weighted by atomic mass is 10.1. The summed E-state index contributed by atoms with van der Waals surface area (Å²) in [7, 11) is 0. The molecule has 0 unspecified atom stereocenters. The first-order valence-electron chi connectivity index (χ1n) is 9.96. The molecule has 0 aliphatic heterocycles. The molecule has 30 heavy (non-hydrogen) atoms. The number of carbonyl (C=O) groups is 1. The van der Waals surface area contributed by atoms with Crippen LogP contribution in [0, 0.1) is 6.92 Å². The van der Waals surface area contributed by atoms with Crippen LogP contribution >= 0.6 is 11.6 Å². The van der Waals surface area contributed by atoms with Gasteiger partial charge in [0, 0.05) is 35.8 Å². The molecule has 1 saturated carbocycles. The average molecular weight is 423 g/mol. The molecule has 1 aromatic carbocycles. The molecule has 0 atom stereocenters. The molecule has 0 radical (unpaired) electrons. The Labute approximate surface area is 180 Å². The highest BCUT2D eigenvalue weighted by Gasteiger charge is 2.22. The molecule has 154 valence electrons. The number of carbonyl (C=O) groups excluding carboxylic acids is 1. The van der Waals surface area contributed by atoms with E-state index in [4.69, 9.17) is 11.6 Å². The highest BCUT2D eigenvalue weighted by molar-refractivity contribution is 6.34. The zero-order valence-electron chi connectivity index (χ0n) is 16.9. The van der Waals surface area contributed by atoms with Crippen LogP contribution in [0.25, 0.3) is 0 Å². The van der Waals surface area contributed by atoms with Crippen molar-refractivity contribution in [3.63, 3.8) is 0 Å². The fourth-order valence-electron chi connectivity index (χ4n) is 3.04. The Hall–Kier alpha value is -3.19. The van der Waals surface area contributed by atoms with E-state index in [0.29, 0.717) is 39.9 Å². The first-order chi connectivity index (χ1) is 14.5. The van der Waals surface area contributed by atoms with Crippen molar-refractivity contribution in [2.24, 2.45) is 0 Å². The van der Waals surface area contributed by atoms with Crippen LogP contribution < -0.4 is 16.0 Å². The Kier molecular flexibility index (Phi) is 5.81. The summed E-state index contributed by atoms with van der Waals surface area (Å²) in [6.45, 7) is 3.91. The van der Waals surface area contributed by atoms with Gasteiger partial charge in [-0.3, -0.25) is 4.79 Å². The van der Waals surface area contributed by atoms with Crippen LogP contribution in [0.4, 0.5) is 23.3 Å². The molecule has 3 N–H and O–H groups in total. The zero-order valence-corrected chi connectivity index (χ0v) is 17.6. The van der Waals surface area contributed by atoms with Crippen LogP contribution in [-0.2, 0) is 6.42 Å². The molecule has 8 heteroatoms. The first-order valence-corrected chi connectivity index (χ1v) is 10.3. The Bertz CT molecular complexity index is 1060. The number of anilines is 4. The van der Waals surface area contributed by atoms with Crippen molar-refractivity contribution in [3.05, 3.63) is 64.4 Å². The molecule has 7 nitrogen and oxygen atoms in total. The number of nitrogens with one attached hydrogen (secondary N) is 3. The van der Waals surface area contributed by atoms with E-state index >= 15 is 0 Å². The highest BCUT2D eigenvalue weighted by atomic mass is 35.5. The lowest BCUT2D eigenvalue weighted by Gasteiger charge is -2.12. The summed E-state index contributed by atoms with van der Waals surface area (Å²) < 4.78 is 0. The molecule has 1 aliphatic rings. The number of amides is 1. The van der Waals surface area contributed by atoms with Crippen LogP contribution in [0.5, 0.6) is 0 Å². The molecule has 0 bridgehead atoms. The lowest BCUT2D eigenvalue weighted by molar-refractivity contribution is 0.102. The molecule has 1 aliphatic carbocycles. The molecular weight excluding hydrogens is 400 g/mol. The average Bonchev–Trinajstić information content (AvgIpc) is 3.52. The Morgan fingerprint density at radius 2 is 2.00 bits per heavy atom. The minimum atomic E-state index is -0.263. The smallest absolute Gasteiger partial charge is 0.257 e. The predicted octanol–water partition coefficient (Wildman–Crippen LogP) is 4.97. The molecule has 1 amide bonds. The SMILES string of the molecule is CCc1cc(Nc2cc(NC(=O)c3c(C)cccc3Cl)ccn2)nc(NC2CC2)n1. The largest absolute Gasteiger partial charge is 0.351 e. The lowest BCUT2D eigenvalue weighted by Crippen LogP contribution is -2.14. The van der Waals surface area contributed by atoms with E-state index in [1.165, 1.54) is 0 Å². The molecule has 1 fully saturated rings. The third-order valence-corrected chi connectivity index (χ3v) is 5.09. The number of aryl methyl sites for hydroxylation is 2. The second-order valence-corrected chi connectivity index (χ2v) is 7.69. The maximum atomic E-state index is 12.7. The highest BCUT2D eigenvalue weighted by Crippen LogP contribution is 2.25. The van der Waals surface area contributed by atoms with Gasteiger partial charge >= 0.3 is 0 Å². The standard InChI is InChI=1S/C22H23ClN6O/c1-3-14-11-19(29-22(26-14)27-15-7-8-15)28-18-12-16(9-10-24-18)25-21(30)20-13(2)5-4-6-17(20)23/h4-6,9-12,15H,3,7-8H2,1-2H3,(H3,24,25,26,27,28,29,30). The zero-order chi connectivity index (χ0) is 21.1. The summed E-state index contributed by atoms with van der Waals surface area (Å²) in [5, 5.41) is 9.85. The van der Waals surface area contributed by atoms with E-state index in [1.807, 2.05) is 25.1 Å². The number of hydrogen-bond acceptors (Lipinski definition) is 6. The predicted molar refractivity (Wildman–Crippen MR) is 120 cm³/mol. The molecule has 2 heterocycles. The third-order valence-electron chi connectivity index (χ3n) is 4.77. The van der Waals surface area contributed by atoms with Crippen molar-refractivity contribution in [3.8, 4) is 0 Å². The monoisotopic (exact) mass is 422 g/mol. The number of rotatable bonds is 7. The number of hydrogen-bond donors (Lipinski definition) is 3. The van der Waals surface area contributed by atoms with Gasteiger partial charge in [-0.2, -0.15) is 4.98 Å². The quantitative estimate of drug-likeness (QED) is 0.498. The summed E-state index contributed by atoms with van der Waals surface area (Å²) in [5.41, 5.74) is 2.83. The van der Waals surface area contributed by atoms with Crippen LogP contribution in [0.1, 0.15) is 41.4 Å². The number of aromatic nitrogens is 3. The van der Waals surface area contributed by atoms with Gasteiger partial charge in [-0.25, -0.2) is 9.97 Å². The van der Waals surface area contributed by atoms with Crippen molar-refractivity contribution >= 4 is 40.8 Å². The van der Waals surface area contributed by atoms with Gasteiger partial charge in [-0.1, -0.05) is 30.7 Å². The van der Waals surface area contributed by atoms with E-state index in [0.717, 1.165) is 30.5 Å². The van der Waals surface area contributed by atoms with Gasteiger partial charge < -0.3 is 16.0 Å². The maximum absolute atomic E-state index is 12.7. The van der Waals surface area contributed by atoms with Gasteiger partial charge in [-0.15, -0.1) is 0 Å². The molecular formula is C22H23ClN6O. The first kappa shape index (κ1) is 20.1. The molecule has 0 saturated heterocycles. The van der Waals surface area contributed by atoms with E-state index in [2.05, 4.69) is 37.8 Å². The van der Waals surface area contributed by atoms with E-state index in [9.17, 15) is 4.79 Å². The normalized spacial score (nSPS) is 13.0. The van der Waals surface area contributed by atoms with Crippen molar-refractivity contribution in [2.75, 3.05) is 16.0 Å².